The third kappa shape index (κ3) is 5.04. The van der Waals surface area contributed by atoms with Crippen molar-refractivity contribution >= 4 is 5.91 Å². The maximum absolute atomic E-state index is 11.6. The number of nitrogens with two attached hydrogens (primary N) is 1. The minimum atomic E-state index is -0.661. The molecule has 0 aromatic rings. The summed E-state index contributed by atoms with van der Waals surface area (Å²) < 4.78 is 0. The smallest absolute Gasteiger partial charge is 0.238 e. The van der Waals surface area contributed by atoms with Crippen LogP contribution in [-0.4, -0.2) is 42.0 Å². The Bertz CT molecular complexity index is 239. The number of primary amides is 1. The lowest BCUT2D eigenvalue weighted by Crippen LogP contribution is -2.61. The Kier molecular flexibility index (Phi) is 6.72. The van der Waals surface area contributed by atoms with Crippen LogP contribution in [-0.2, 0) is 4.79 Å². The molecule has 4 nitrogen and oxygen atoms in total. The molecule has 0 rings (SSSR count). The molecule has 0 saturated carbocycles. The molecule has 0 aromatic carbocycles. The molecular weight excluding hydrogens is 214 g/mol. The molecule has 0 aromatic heterocycles. The second-order valence-electron chi connectivity index (χ2n) is 5.38. The van der Waals surface area contributed by atoms with Crippen molar-refractivity contribution in [3.05, 3.63) is 0 Å². The van der Waals surface area contributed by atoms with Crippen LogP contribution in [0.15, 0.2) is 0 Å². The van der Waals surface area contributed by atoms with E-state index >= 15 is 0 Å². The number of likely N-dealkylation sites (N-methyl/N-ethyl adjacent to an activating group) is 1. The largest absolute Gasteiger partial charge is 0.368 e. The summed E-state index contributed by atoms with van der Waals surface area (Å²) in [4.78, 5) is 13.8. The fraction of sp³-hybridized carbons (Fsp3) is 0.923. The zero-order valence-electron chi connectivity index (χ0n) is 12.2. The number of carbonyl (C=O) groups excluding carboxylic acids is 1. The lowest BCUT2D eigenvalue weighted by Gasteiger charge is -2.36. The number of amides is 1. The molecule has 0 heterocycles. The van der Waals surface area contributed by atoms with Gasteiger partial charge in [0.25, 0.3) is 0 Å². The topological polar surface area (TPSA) is 58.4 Å². The minimum Gasteiger partial charge on any atom is -0.368 e. The van der Waals surface area contributed by atoms with Crippen LogP contribution in [0.2, 0.25) is 0 Å². The van der Waals surface area contributed by atoms with E-state index in [2.05, 4.69) is 31.1 Å². The normalized spacial score (nSPS) is 15.6. The van der Waals surface area contributed by atoms with Crippen molar-refractivity contribution in [2.24, 2.45) is 5.73 Å². The van der Waals surface area contributed by atoms with Gasteiger partial charge >= 0.3 is 0 Å². The van der Waals surface area contributed by atoms with Gasteiger partial charge in [-0.05, 0) is 40.7 Å². The zero-order chi connectivity index (χ0) is 13.6. The quantitative estimate of drug-likeness (QED) is 0.676. The maximum Gasteiger partial charge on any atom is 0.238 e. The van der Waals surface area contributed by atoms with E-state index in [1.165, 1.54) is 0 Å². The van der Waals surface area contributed by atoms with Gasteiger partial charge in [-0.15, -0.1) is 0 Å². The Balaban J connectivity index is 4.69. The molecule has 0 saturated heterocycles. The lowest BCUT2D eigenvalue weighted by atomic mass is 9.98. The third-order valence-electron chi connectivity index (χ3n) is 3.28. The first-order valence-corrected chi connectivity index (χ1v) is 6.54. The van der Waals surface area contributed by atoms with E-state index in [9.17, 15) is 4.79 Å². The van der Waals surface area contributed by atoms with E-state index in [4.69, 9.17) is 5.73 Å². The Morgan fingerprint density at radius 2 is 1.82 bits per heavy atom. The Labute approximate surface area is 106 Å². The summed E-state index contributed by atoms with van der Waals surface area (Å²) in [5.41, 5.74) is 4.86. The predicted molar refractivity (Wildman–Crippen MR) is 72.9 cm³/mol. The van der Waals surface area contributed by atoms with Crippen molar-refractivity contribution < 1.29 is 4.79 Å². The van der Waals surface area contributed by atoms with Gasteiger partial charge in [0.2, 0.25) is 5.91 Å². The van der Waals surface area contributed by atoms with E-state index in [1.54, 1.807) is 0 Å². The van der Waals surface area contributed by atoms with Gasteiger partial charge < -0.3 is 16.0 Å². The van der Waals surface area contributed by atoms with E-state index in [0.717, 1.165) is 12.8 Å². The highest BCUT2D eigenvalue weighted by molar-refractivity contribution is 5.84. The molecular formula is C13H29N3O. The number of nitrogens with zero attached hydrogens (tertiary/aromatic N) is 1. The molecule has 1 amide bonds. The van der Waals surface area contributed by atoms with Gasteiger partial charge in [0, 0.05) is 18.6 Å². The highest BCUT2D eigenvalue weighted by Crippen LogP contribution is 2.13. The first-order chi connectivity index (χ1) is 7.76. The highest BCUT2D eigenvalue weighted by atomic mass is 16.1. The number of nitrogens with one attached hydrogen (secondary N) is 1. The van der Waals surface area contributed by atoms with Crippen molar-refractivity contribution in [1.29, 1.82) is 0 Å². The molecule has 1 unspecified atom stereocenters. The van der Waals surface area contributed by atoms with Crippen LogP contribution in [0.5, 0.6) is 0 Å². The molecule has 3 N–H and O–H groups in total. The van der Waals surface area contributed by atoms with Gasteiger partial charge in [-0.25, -0.2) is 0 Å². The van der Waals surface area contributed by atoms with Gasteiger partial charge in [-0.2, -0.15) is 0 Å². The SMILES string of the molecule is CCC(CC)N(C)CC(C)(NC(C)C)C(N)=O. The van der Waals surface area contributed by atoms with Gasteiger partial charge in [-0.3, -0.25) is 4.79 Å². The average molecular weight is 243 g/mol. The first kappa shape index (κ1) is 16.4. The van der Waals surface area contributed by atoms with Crippen molar-refractivity contribution in [2.75, 3.05) is 13.6 Å². The fourth-order valence-electron chi connectivity index (χ4n) is 2.37. The average Bonchev–Trinajstić information content (AvgIpc) is 2.17. The van der Waals surface area contributed by atoms with Gasteiger partial charge in [0.05, 0.1) is 0 Å². The monoisotopic (exact) mass is 243 g/mol. The Morgan fingerprint density at radius 1 is 1.35 bits per heavy atom. The summed E-state index contributed by atoms with van der Waals surface area (Å²) in [6.07, 6.45) is 2.17. The molecule has 0 aliphatic carbocycles. The Morgan fingerprint density at radius 3 is 2.12 bits per heavy atom. The van der Waals surface area contributed by atoms with Crippen LogP contribution in [0, 0.1) is 0 Å². The van der Waals surface area contributed by atoms with Crippen LogP contribution in [0.4, 0.5) is 0 Å². The van der Waals surface area contributed by atoms with Crippen LogP contribution >= 0.6 is 0 Å². The van der Waals surface area contributed by atoms with Gasteiger partial charge in [-0.1, -0.05) is 13.8 Å². The van der Waals surface area contributed by atoms with Crippen molar-refractivity contribution in [3.8, 4) is 0 Å². The minimum absolute atomic E-state index is 0.239. The van der Waals surface area contributed by atoms with E-state index in [0.29, 0.717) is 12.6 Å². The summed E-state index contributed by atoms with van der Waals surface area (Å²) in [5, 5.41) is 3.27. The predicted octanol–water partition coefficient (Wildman–Crippen LogP) is 1.35. The maximum atomic E-state index is 11.6. The highest BCUT2D eigenvalue weighted by Gasteiger charge is 2.33. The number of hydrogen-bond acceptors (Lipinski definition) is 3. The number of carbonyl (C=O) groups is 1. The summed E-state index contributed by atoms with van der Waals surface area (Å²) in [6, 6.07) is 0.741. The Hall–Kier alpha value is -0.610. The molecule has 0 aliphatic heterocycles. The summed E-state index contributed by atoms with van der Waals surface area (Å²) in [6.45, 7) is 10.9. The summed E-state index contributed by atoms with van der Waals surface area (Å²) in [5.74, 6) is -0.288. The number of hydrogen-bond donors (Lipinski definition) is 2. The molecule has 0 spiro atoms. The fourth-order valence-corrected chi connectivity index (χ4v) is 2.37. The molecule has 0 bridgehead atoms. The third-order valence-corrected chi connectivity index (χ3v) is 3.28. The molecule has 0 aliphatic rings. The van der Waals surface area contributed by atoms with Crippen LogP contribution in [0.25, 0.3) is 0 Å². The van der Waals surface area contributed by atoms with Crippen molar-refractivity contribution in [2.45, 2.75) is 65.1 Å². The molecule has 0 fully saturated rings. The van der Waals surface area contributed by atoms with Crippen molar-refractivity contribution in [3.63, 3.8) is 0 Å². The number of rotatable bonds is 8. The van der Waals surface area contributed by atoms with Crippen molar-refractivity contribution in [1.82, 2.24) is 10.2 Å². The second-order valence-corrected chi connectivity index (χ2v) is 5.38. The van der Waals surface area contributed by atoms with Crippen LogP contribution in [0.1, 0.15) is 47.5 Å². The van der Waals surface area contributed by atoms with Gasteiger partial charge in [0.15, 0.2) is 0 Å². The zero-order valence-corrected chi connectivity index (χ0v) is 12.2. The summed E-state index contributed by atoms with van der Waals surface area (Å²) in [7, 11) is 2.06. The van der Waals surface area contributed by atoms with Gasteiger partial charge in [0.1, 0.15) is 5.54 Å². The molecule has 4 heteroatoms. The second kappa shape index (κ2) is 6.97. The standard InChI is InChI=1S/C13H29N3O/c1-7-11(8-2)16(6)9-13(5,12(14)17)15-10(3)4/h10-11,15H,7-9H2,1-6H3,(H2,14,17). The van der Waals surface area contributed by atoms with E-state index < -0.39 is 5.54 Å². The van der Waals surface area contributed by atoms with Crippen LogP contribution in [0.3, 0.4) is 0 Å². The summed E-state index contributed by atoms with van der Waals surface area (Å²) >= 11 is 0. The molecule has 17 heavy (non-hydrogen) atoms. The van der Waals surface area contributed by atoms with E-state index in [-0.39, 0.29) is 11.9 Å². The molecule has 1 atom stereocenters. The molecule has 0 radical (unpaired) electrons. The first-order valence-electron chi connectivity index (χ1n) is 6.54. The van der Waals surface area contributed by atoms with E-state index in [1.807, 2.05) is 20.8 Å². The van der Waals surface area contributed by atoms with Crippen LogP contribution < -0.4 is 11.1 Å². The lowest BCUT2D eigenvalue weighted by molar-refractivity contribution is -0.125. The molecule has 102 valence electrons.